The van der Waals surface area contributed by atoms with Crippen molar-refractivity contribution in [1.29, 1.82) is 0 Å². The van der Waals surface area contributed by atoms with Gasteiger partial charge in [0.05, 0.1) is 11.5 Å². The summed E-state index contributed by atoms with van der Waals surface area (Å²) in [4.78, 5) is 12.1. The Balaban J connectivity index is 2.19. The van der Waals surface area contributed by atoms with Gasteiger partial charge in [-0.1, -0.05) is 0 Å². The fraction of sp³-hybridized carbons (Fsp3) is 0.333. The number of aryl methyl sites for hydroxylation is 1. The molecule has 1 heterocycles. The van der Waals surface area contributed by atoms with Gasteiger partial charge in [-0.05, 0) is 12.1 Å². The van der Waals surface area contributed by atoms with Crippen LogP contribution in [-0.2, 0) is 21.6 Å². The van der Waals surface area contributed by atoms with E-state index in [4.69, 9.17) is 0 Å². The van der Waals surface area contributed by atoms with Crippen LogP contribution in [0.15, 0.2) is 34.8 Å². The van der Waals surface area contributed by atoms with Crippen LogP contribution in [0.5, 0.6) is 0 Å². The predicted octanol–water partition coefficient (Wildman–Crippen LogP) is 1.05. The van der Waals surface area contributed by atoms with E-state index in [9.17, 15) is 23.1 Å². The Kier molecular flexibility index (Phi) is 5.91. The van der Waals surface area contributed by atoms with Gasteiger partial charge >= 0.3 is 0 Å². The van der Waals surface area contributed by atoms with Crippen molar-refractivity contribution in [1.82, 2.24) is 14.8 Å². The van der Waals surface area contributed by atoms with Crippen LogP contribution in [-0.4, -0.2) is 52.9 Å². The number of azo groups is 1. The highest BCUT2D eigenvalue weighted by Gasteiger charge is 2.16. The maximum atomic E-state index is 11.3. The van der Waals surface area contributed by atoms with E-state index in [0.717, 1.165) is 0 Å². The van der Waals surface area contributed by atoms with Crippen LogP contribution in [0.1, 0.15) is 0 Å². The number of likely N-dealkylation sites (N-methyl/N-ethyl adjacent to an activating group) is 1. The van der Waals surface area contributed by atoms with Gasteiger partial charge in [-0.3, -0.25) is 14.3 Å². The van der Waals surface area contributed by atoms with E-state index < -0.39 is 15.3 Å². The highest BCUT2D eigenvalue weighted by atomic mass is 32.3. The maximum absolute atomic E-state index is 11.3. The second-order valence-electron chi connectivity index (χ2n) is 5.02. The summed E-state index contributed by atoms with van der Waals surface area (Å²) in [5.41, 5.74) is 0.104. The summed E-state index contributed by atoms with van der Waals surface area (Å²) >= 11 is 0. The van der Waals surface area contributed by atoms with Crippen LogP contribution in [0.2, 0.25) is 0 Å². The number of hydrogen-bond donors (Lipinski definition) is 0. The topological polar surface area (TPSA) is 168 Å². The lowest BCUT2D eigenvalue weighted by Gasteiger charge is -2.19. The third-order valence-corrected chi connectivity index (χ3v) is 3.64. The minimum absolute atomic E-state index is 0.00790. The molecule has 0 amide bonds. The van der Waals surface area contributed by atoms with E-state index in [1.807, 2.05) is 0 Å². The summed E-state index contributed by atoms with van der Waals surface area (Å²) in [6, 6.07) is 4.16. The first-order chi connectivity index (χ1) is 12.2. The van der Waals surface area contributed by atoms with Gasteiger partial charge in [0, 0.05) is 32.4 Å². The Morgan fingerprint density at radius 1 is 1.38 bits per heavy atom. The van der Waals surface area contributed by atoms with Crippen molar-refractivity contribution in [3.05, 3.63) is 34.6 Å². The summed E-state index contributed by atoms with van der Waals surface area (Å²) in [5.74, 6) is 0.177. The number of rotatable bonds is 8. The molecular weight excluding hydrogens is 370 g/mol. The van der Waals surface area contributed by atoms with Crippen LogP contribution < -0.4 is 4.90 Å². The van der Waals surface area contributed by atoms with Crippen molar-refractivity contribution in [3.63, 3.8) is 0 Å². The molecule has 1 aromatic carbocycles. The molecule has 0 unspecified atom stereocenters. The fourth-order valence-electron chi connectivity index (χ4n) is 1.85. The second-order valence-corrected chi connectivity index (χ2v) is 6.08. The number of benzene rings is 1. The van der Waals surface area contributed by atoms with Gasteiger partial charge in [0.15, 0.2) is 5.69 Å². The average Bonchev–Trinajstić information content (AvgIpc) is 2.96. The van der Waals surface area contributed by atoms with Gasteiger partial charge in [-0.2, -0.15) is 0 Å². The van der Waals surface area contributed by atoms with Crippen LogP contribution in [0.3, 0.4) is 0 Å². The molecule has 2 rings (SSSR count). The number of nitro benzene ring substituents is 1. The number of aromatic nitrogens is 3. The average molecular weight is 384 g/mol. The SMILES string of the molecule is CN(CCOS(=O)(=O)[O-])c1ccc(N=Nc2nncn2C)c([N+](=O)[O-])c1. The van der Waals surface area contributed by atoms with Crippen molar-refractivity contribution in [2.24, 2.45) is 17.3 Å². The summed E-state index contributed by atoms with van der Waals surface area (Å²) in [5, 5.41) is 26.2. The number of hydrogen-bond acceptors (Lipinski definition) is 11. The second kappa shape index (κ2) is 7.94. The molecule has 0 saturated heterocycles. The van der Waals surface area contributed by atoms with Crippen molar-refractivity contribution in [2.45, 2.75) is 0 Å². The first-order valence-electron chi connectivity index (χ1n) is 7.03. The zero-order chi connectivity index (χ0) is 19.3. The van der Waals surface area contributed by atoms with Gasteiger partial charge in [0.2, 0.25) is 10.4 Å². The first-order valence-corrected chi connectivity index (χ1v) is 8.36. The molecule has 0 bridgehead atoms. The molecule has 0 spiro atoms. The molecule has 1 aromatic heterocycles. The standard InChI is InChI=1S/C12H15N7O6S/c1-17(5-6-25-26(22,23)24)9-3-4-10(11(7-9)19(20)21)14-16-12-15-13-8-18(12)2/h3-4,7-8H,5-6H2,1-2H3,(H,22,23,24)/p-1. The number of anilines is 1. The maximum Gasteiger partial charge on any atom is 0.298 e. The summed E-state index contributed by atoms with van der Waals surface area (Å²) < 4.78 is 36.8. The quantitative estimate of drug-likeness (QED) is 0.212. The van der Waals surface area contributed by atoms with E-state index in [0.29, 0.717) is 5.69 Å². The zero-order valence-corrected chi connectivity index (χ0v) is 14.5. The Hall–Kier alpha value is -2.97. The predicted molar refractivity (Wildman–Crippen MR) is 87.2 cm³/mol. The molecule has 13 nitrogen and oxygen atoms in total. The molecule has 0 atom stereocenters. The lowest BCUT2D eigenvalue weighted by Crippen LogP contribution is -2.23. The van der Waals surface area contributed by atoms with E-state index in [-0.39, 0.29) is 30.5 Å². The van der Waals surface area contributed by atoms with Gasteiger partial charge in [0.25, 0.3) is 11.6 Å². The normalized spacial score (nSPS) is 11.8. The van der Waals surface area contributed by atoms with Crippen molar-refractivity contribution in [3.8, 4) is 0 Å². The molecule has 0 aliphatic heterocycles. The molecule has 0 fully saturated rings. The zero-order valence-electron chi connectivity index (χ0n) is 13.7. The summed E-state index contributed by atoms with van der Waals surface area (Å²) in [7, 11) is -1.59. The van der Waals surface area contributed by atoms with Crippen LogP contribution in [0, 0.1) is 10.1 Å². The Labute approximate surface area is 148 Å². The molecule has 2 aromatic rings. The minimum Gasteiger partial charge on any atom is -0.726 e. The lowest BCUT2D eigenvalue weighted by molar-refractivity contribution is -0.384. The highest BCUT2D eigenvalue weighted by Crippen LogP contribution is 2.32. The van der Waals surface area contributed by atoms with E-state index >= 15 is 0 Å². The number of nitrogens with zero attached hydrogens (tertiary/aromatic N) is 7. The fourth-order valence-corrected chi connectivity index (χ4v) is 2.13. The number of nitro groups is 1. The van der Waals surface area contributed by atoms with Gasteiger partial charge < -0.3 is 14.0 Å². The molecule has 0 N–H and O–H groups in total. The van der Waals surface area contributed by atoms with E-state index in [1.165, 1.54) is 34.0 Å². The minimum atomic E-state index is -4.79. The van der Waals surface area contributed by atoms with Gasteiger partial charge in [-0.15, -0.1) is 20.4 Å². The molecule has 140 valence electrons. The summed E-state index contributed by atoms with van der Waals surface area (Å²) in [6.45, 7) is -0.359. The first kappa shape index (κ1) is 19.4. The molecule has 0 aliphatic rings. The molecule has 0 radical (unpaired) electrons. The van der Waals surface area contributed by atoms with E-state index in [1.54, 1.807) is 14.1 Å². The third kappa shape index (κ3) is 5.27. The molecular formula is C12H14N7O6S-. The van der Waals surface area contributed by atoms with Gasteiger partial charge in [-0.25, -0.2) is 8.42 Å². The van der Waals surface area contributed by atoms with Crippen LogP contribution in [0.25, 0.3) is 0 Å². The summed E-state index contributed by atoms with van der Waals surface area (Å²) in [6.07, 6.45) is 1.41. The van der Waals surface area contributed by atoms with Crippen molar-refractivity contribution in [2.75, 3.05) is 25.1 Å². The van der Waals surface area contributed by atoms with E-state index in [2.05, 4.69) is 24.6 Å². The van der Waals surface area contributed by atoms with Crippen LogP contribution in [0.4, 0.5) is 23.0 Å². The molecule has 0 saturated carbocycles. The van der Waals surface area contributed by atoms with Gasteiger partial charge in [0.1, 0.15) is 6.33 Å². The Morgan fingerprint density at radius 2 is 2.12 bits per heavy atom. The van der Waals surface area contributed by atoms with Crippen molar-refractivity contribution >= 4 is 33.4 Å². The van der Waals surface area contributed by atoms with Crippen molar-refractivity contribution < 1.29 is 22.1 Å². The lowest BCUT2D eigenvalue weighted by atomic mass is 10.2. The molecule has 26 heavy (non-hydrogen) atoms. The van der Waals surface area contributed by atoms with Crippen LogP contribution >= 0.6 is 0 Å². The Morgan fingerprint density at radius 3 is 2.69 bits per heavy atom. The molecule has 0 aliphatic carbocycles. The molecule has 14 heteroatoms. The third-order valence-electron chi connectivity index (χ3n) is 3.19. The smallest absolute Gasteiger partial charge is 0.298 e. The Bertz CT molecular complexity index is 926. The highest BCUT2D eigenvalue weighted by molar-refractivity contribution is 7.80. The monoisotopic (exact) mass is 384 g/mol. The largest absolute Gasteiger partial charge is 0.726 e.